The summed E-state index contributed by atoms with van der Waals surface area (Å²) in [6, 6.07) is 7.29. The van der Waals surface area contributed by atoms with Crippen molar-refractivity contribution >= 4 is 11.6 Å². The number of hydrogen-bond donors (Lipinski definition) is 2. The highest BCUT2D eigenvalue weighted by molar-refractivity contribution is 5.93. The molecule has 1 aromatic rings. The lowest BCUT2D eigenvalue weighted by Gasteiger charge is -2.21. The van der Waals surface area contributed by atoms with E-state index in [0.29, 0.717) is 5.56 Å². The standard InChI is InChI=1S/C15H25N3O/c1-3-10-18(11-4-2)12-9-17-14-7-5-13(6-8-14)15(16)19/h5-8,17H,3-4,9-12H2,1-2H3,(H2,16,19). The van der Waals surface area contributed by atoms with Crippen molar-refractivity contribution in [3.8, 4) is 0 Å². The largest absolute Gasteiger partial charge is 0.384 e. The summed E-state index contributed by atoms with van der Waals surface area (Å²) in [5, 5.41) is 3.36. The van der Waals surface area contributed by atoms with Gasteiger partial charge in [0, 0.05) is 24.3 Å². The third kappa shape index (κ3) is 5.75. The van der Waals surface area contributed by atoms with Gasteiger partial charge in [0.05, 0.1) is 0 Å². The molecule has 106 valence electrons. The van der Waals surface area contributed by atoms with Gasteiger partial charge in [-0.25, -0.2) is 0 Å². The van der Waals surface area contributed by atoms with Crippen LogP contribution in [-0.2, 0) is 0 Å². The molecular formula is C15H25N3O. The molecule has 0 radical (unpaired) electrons. The molecule has 0 aliphatic heterocycles. The van der Waals surface area contributed by atoms with Gasteiger partial charge in [-0.2, -0.15) is 0 Å². The molecule has 0 atom stereocenters. The number of nitrogens with zero attached hydrogens (tertiary/aromatic N) is 1. The Hall–Kier alpha value is -1.55. The molecule has 0 unspecified atom stereocenters. The van der Waals surface area contributed by atoms with Crippen LogP contribution in [0.1, 0.15) is 37.0 Å². The summed E-state index contributed by atoms with van der Waals surface area (Å²) in [5.74, 6) is -0.386. The van der Waals surface area contributed by atoms with Crippen molar-refractivity contribution in [2.24, 2.45) is 5.73 Å². The molecule has 0 spiro atoms. The van der Waals surface area contributed by atoms with E-state index in [1.807, 2.05) is 12.1 Å². The van der Waals surface area contributed by atoms with Crippen LogP contribution < -0.4 is 11.1 Å². The zero-order valence-electron chi connectivity index (χ0n) is 12.0. The second-order valence-electron chi connectivity index (χ2n) is 4.71. The molecule has 0 aliphatic carbocycles. The molecule has 0 heterocycles. The number of nitrogens with one attached hydrogen (secondary N) is 1. The average Bonchev–Trinajstić information content (AvgIpc) is 2.40. The second-order valence-corrected chi connectivity index (χ2v) is 4.71. The van der Waals surface area contributed by atoms with Gasteiger partial charge >= 0.3 is 0 Å². The summed E-state index contributed by atoms with van der Waals surface area (Å²) in [7, 11) is 0. The topological polar surface area (TPSA) is 58.4 Å². The molecule has 1 aromatic carbocycles. The zero-order valence-corrected chi connectivity index (χ0v) is 12.0. The number of nitrogens with two attached hydrogens (primary N) is 1. The summed E-state index contributed by atoms with van der Waals surface area (Å²) in [4.78, 5) is 13.4. The highest BCUT2D eigenvalue weighted by Gasteiger charge is 2.02. The van der Waals surface area contributed by atoms with Gasteiger partial charge in [-0.1, -0.05) is 13.8 Å². The molecule has 0 saturated heterocycles. The fourth-order valence-electron chi connectivity index (χ4n) is 2.08. The van der Waals surface area contributed by atoms with Crippen molar-refractivity contribution in [2.45, 2.75) is 26.7 Å². The van der Waals surface area contributed by atoms with Crippen molar-refractivity contribution < 1.29 is 4.79 Å². The molecule has 0 aromatic heterocycles. The first kappa shape index (κ1) is 15.5. The van der Waals surface area contributed by atoms with Gasteiger partial charge in [0.15, 0.2) is 0 Å². The second kappa shape index (κ2) is 8.53. The molecular weight excluding hydrogens is 238 g/mol. The van der Waals surface area contributed by atoms with E-state index in [-0.39, 0.29) is 5.91 Å². The molecule has 1 amide bonds. The first-order valence-corrected chi connectivity index (χ1v) is 7.03. The molecule has 19 heavy (non-hydrogen) atoms. The van der Waals surface area contributed by atoms with Gasteiger partial charge in [0.2, 0.25) is 5.91 Å². The number of benzene rings is 1. The minimum atomic E-state index is -0.386. The predicted molar refractivity (Wildman–Crippen MR) is 80.5 cm³/mol. The van der Waals surface area contributed by atoms with Gasteiger partial charge < -0.3 is 16.0 Å². The number of carbonyl (C=O) groups excluding carboxylic acids is 1. The van der Waals surface area contributed by atoms with Crippen LogP contribution in [0, 0.1) is 0 Å². The van der Waals surface area contributed by atoms with Gasteiger partial charge in [-0.15, -0.1) is 0 Å². The number of rotatable bonds is 9. The molecule has 0 fully saturated rings. The van der Waals surface area contributed by atoms with Crippen LogP contribution in [0.15, 0.2) is 24.3 Å². The quantitative estimate of drug-likeness (QED) is 0.719. The Morgan fingerprint density at radius 2 is 1.68 bits per heavy atom. The van der Waals surface area contributed by atoms with Crippen molar-refractivity contribution in [2.75, 3.05) is 31.5 Å². The maximum atomic E-state index is 11.0. The van der Waals surface area contributed by atoms with Gasteiger partial charge in [-0.3, -0.25) is 4.79 Å². The van der Waals surface area contributed by atoms with Gasteiger partial charge in [-0.05, 0) is 50.2 Å². The number of amides is 1. The molecule has 4 nitrogen and oxygen atoms in total. The van der Waals surface area contributed by atoms with Crippen LogP contribution in [0.3, 0.4) is 0 Å². The van der Waals surface area contributed by atoms with Crippen molar-refractivity contribution in [3.05, 3.63) is 29.8 Å². The summed E-state index contributed by atoms with van der Waals surface area (Å²) in [6.45, 7) is 8.67. The van der Waals surface area contributed by atoms with E-state index in [1.165, 1.54) is 12.8 Å². The molecule has 0 aliphatic rings. The van der Waals surface area contributed by atoms with Crippen LogP contribution in [0.25, 0.3) is 0 Å². The first-order chi connectivity index (χ1) is 9.17. The van der Waals surface area contributed by atoms with E-state index in [9.17, 15) is 4.79 Å². The van der Waals surface area contributed by atoms with E-state index in [1.54, 1.807) is 12.1 Å². The van der Waals surface area contributed by atoms with Crippen LogP contribution in [-0.4, -0.2) is 37.0 Å². The third-order valence-corrected chi connectivity index (χ3v) is 3.01. The number of anilines is 1. The lowest BCUT2D eigenvalue weighted by atomic mass is 10.2. The van der Waals surface area contributed by atoms with Gasteiger partial charge in [0.1, 0.15) is 0 Å². The number of hydrogen-bond acceptors (Lipinski definition) is 3. The van der Waals surface area contributed by atoms with Gasteiger partial charge in [0.25, 0.3) is 0 Å². The summed E-state index contributed by atoms with van der Waals surface area (Å²) >= 11 is 0. The maximum absolute atomic E-state index is 11.0. The summed E-state index contributed by atoms with van der Waals surface area (Å²) in [6.07, 6.45) is 2.38. The fourth-order valence-corrected chi connectivity index (χ4v) is 2.08. The van der Waals surface area contributed by atoms with Crippen LogP contribution in [0.2, 0.25) is 0 Å². The Morgan fingerprint density at radius 1 is 1.11 bits per heavy atom. The molecule has 0 saturated carbocycles. The Labute approximate surface area is 116 Å². The Morgan fingerprint density at radius 3 is 2.16 bits per heavy atom. The van der Waals surface area contributed by atoms with Crippen LogP contribution in [0.5, 0.6) is 0 Å². The minimum absolute atomic E-state index is 0.386. The minimum Gasteiger partial charge on any atom is -0.384 e. The predicted octanol–water partition coefficient (Wildman–Crippen LogP) is 2.32. The van der Waals surface area contributed by atoms with Crippen molar-refractivity contribution in [1.29, 1.82) is 0 Å². The highest BCUT2D eigenvalue weighted by atomic mass is 16.1. The number of carbonyl (C=O) groups is 1. The normalized spacial score (nSPS) is 10.7. The Bertz CT molecular complexity index is 369. The Kier molecular flexibility index (Phi) is 6.97. The summed E-state index contributed by atoms with van der Waals surface area (Å²) < 4.78 is 0. The van der Waals surface area contributed by atoms with E-state index in [4.69, 9.17) is 5.73 Å². The van der Waals surface area contributed by atoms with Crippen molar-refractivity contribution in [3.63, 3.8) is 0 Å². The highest BCUT2D eigenvalue weighted by Crippen LogP contribution is 2.08. The lowest BCUT2D eigenvalue weighted by molar-refractivity contribution is 0.100. The monoisotopic (exact) mass is 263 g/mol. The fraction of sp³-hybridized carbons (Fsp3) is 0.533. The van der Waals surface area contributed by atoms with Crippen molar-refractivity contribution in [1.82, 2.24) is 4.90 Å². The lowest BCUT2D eigenvalue weighted by Crippen LogP contribution is -2.30. The summed E-state index contributed by atoms with van der Waals surface area (Å²) in [5.41, 5.74) is 6.78. The molecule has 0 bridgehead atoms. The first-order valence-electron chi connectivity index (χ1n) is 7.03. The molecule has 4 heteroatoms. The zero-order chi connectivity index (χ0) is 14.1. The molecule has 1 rings (SSSR count). The third-order valence-electron chi connectivity index (χ3n) is 3.01. The van der Waals surface area contributed by atoms with E-state index < -0.39 is 0 Å². The smallest absolute Gasteiger partial charge is 0.248 e. The van der Waals surface area contributed by atoms with E-state index in [2.05, 4.69) is 24.1 Å². The van der Waals surface area contributed by atoms with Crippen LogP contribution >= 0.6 is 0 Å². The van der Waals surface area contributed by atoms with E-state index >= 15 is 0 Å². The maximum Gasteiger partial charge on any atom is 0.248 e. The number of primary amides is 1. The van der Waals surface area contributed by atoms with E-state index in [0.717, 1.165) is 31.9 Å². The molecule has 3 N–H and O–H groups in total. The Balaban J connectivity index is 2.37. The average molecular weight is 263 g/mol. The SMILES string of the molecule is CCCN(CCC)CCNc1ccc(C(N)=O)cc1. The van der Waals surface area contributed by atoms with Crippen LogP contribution in [0.4, 0.5) is 5.69 Å².